The largest absolute Gasteiger partial charge is 0.462 e. The Balaban J connectivity index is 1.13. The van der Waals surface area contributed by atoms with E-state index >= 15 is 0 Å². The van der Waals surface area contributed by atoms with Gasteiger partial charge >= 0.3 is 0 Å². The van der Waals surface area contributed by atoms with Crippen molar-refractivity contribution in [3.05, 3.63) is 167 Å². The van der Waals surface area contributed by atoms with E-state index in [1.807, 2.05) is 13.8 Å². The number of aryl methyl sites for hydroxylation is 2. The Morgan fingerprint density at radius 3 is 1.33 bits per heavy atom. The van der Waals surface area contributed by atoms with Crippen molar-refractivity contribution in [2.45, 2.75) is 37.8 Å². The Morgan fingerprint density at radius 2 is 0.933 bits per heavy atom. The van der Waals surface area contributed by atoms with Gasteiger partial charge in [0.1, 0.15) is 23.0 Å². The number of hydrogen-bond acceptors (Lipinski definition) is 2. The fourth-order valence-corrected chi connectivity index (χ4v) is 8.78. The fourth-order valence-electron chi connectivity index (χ4n) is 7.16. The molecule has 2 aliphatic rings. The zero-order valence-electron chi connectivity index (χ0n) is 25.6. The van der Waals surface area contributed by atoms with Crippen molar-refractivity contribution in [1.29, 1.82) is 0 Å². The zero-order valence-corrected chi connectivity index (χ0v) is 26.6. The lowest BCUT2D eigenvalue weighted by Gasteiger charge is -2.20. The van der Waals surface area contributed by atoms with E-state index in [-0.39, 0.29) is 0 Å². The van der Waals surface area contributed by atoms with Crippen LogP contribution in [0, 0.1) is 13.8 Å². The first-order chi connectivity index (χ1) is 22.1. The highest BCUT2D eigenvalue weighted by molar-refractivity contribution is 6.37. The maximum absolute atomic E-state index is 6.25. The SMILES string of the molecule is Cc1ccc(C2=Cc3c(-c4ccccc4)cccc3C2C[Si]CC2C(c3ccc(C)o3)=Cc3c(-c4ccccc4)cccc32)o1. The third-order valence-electron chi connectivity index (χ3n) is 9.30. The van der Waals surface area contributed by atoms with Crippen LogP contribution >= 0.6 is 0 Å². The summed E-state index contributed by atoms with van der Waals surface area (Å²) in [4.78, 5) is 0. The molecule has 2 aromatic heterocycles. The predicted octanol–water partition coefficient (Wildman–Crippen LogP) is 11.3. The van der Waals surface area contributed by atoms with Crippen molar-refractivity contribution in [2.75, 3.05) is 0 Å². The molecule has 6 aromatic rings. The van der Waals surface area contributed by atoms with E-state index in [0.717, 1.165) is 44.6 Å². The molecule has 0 N–H and O–H groups in total. The van der Waals surface area contributed by atoms with Crippen molar-refractivity contribution < 1.29 is 8.83 Å². The Bertz CT molecular complexity index is 1910. The Hall–Kier alpha value is -4.86. The second kappa shape index (κ2) is 11.6. The van der Waals surface area contributed by atoms with Gasteiger partial charge < -0.3 is 8.83 Å². The first-order valence-corrected chi connectivity index (χ1v) is 17.2. The van der Waals surface area contributed by atoms with E-state index in [4.69, 9.17) is 8.83 Å². The average Bonchev–Trinajstić information content (AvgIpc) is 3.87. The number of fused-ring (bicyclic) bond motifs is 2. The molecule has 0 saturated heterocycles. The van der Waals surface area contributed by atoms with Crippen LogP contribution in [0.4, 0.5) is 0 Å². The molecule has 218 valence electrons. The molecule has 0 fully saturated rings. The molecule has 45 heavy (non-hydrogen) atoms. The molecule has 0 bridgehead atoms. The summed E-state index contributed by atoms with van der Waals surface area (Å²) in [5, 5.41) is 0. The van der Waals surface area contributed by atoms with Gasteiger partial charge in [-0.3, -0.25) is 0 Å². The van der Waals surface area contributed by atoms with Crippen LogP contribution in [-0.2, 0) is 0 Å². The van der Waals surface area contributed by atoms with E-state index in [2.05, 4.69) is 133 Å². The van der Waals surface area contributed by atoms with Crippen LogP contribution in [-0.4, -0.2) is 9.52 Å². The molecule has 0 spiro atoms. The lowest BCUT2D eigenvalue weighted by atomic mass is 9.92. The summed E-state index contributed by atoms with van der Waals surface area (Å²) in [6.45, 7) is 4.06. The predicted molar refractivity (Wildman–Crippen MR) is 187 cm³/mol. The maximum atomic E-state index is 6.25. The number of allylic oxidation sites excluding steroid dienone is 2. The number of furan rings is 2. The minimum atomic E-state index is 0.294. The van der Waals surface area contributed by atoms with Crippen LogP contribution in [0.2, 0.25) is 12.1 Å². The molecule has 0 saturated carbocycles. The van der Waals surface area contributed by atoms with Crippen molar-refractivity contribution in [1.82, 2.24) is 0 Å². The molecule has 8 rings (SSSR count). The number of hydrogen-bond donors (Lipinski definition) is 0. The number of benzene rings is 4. The molecule has 2 heterocycles. The van der Waals surface area contributed by atoms with Crippen LogP contribution in [0.25, 0.3) is 45.6 Å². The van der Waals surface area contributed by atoms with Gasteiger partial charge in [0, 0.05) is 32.5 Å². The summed E-state index contributed by atoms with van der Waals surface area (Å²) in [6.07, 6.45) is 4.78. The minimum Gasteiger partial charge on any atom is -0.462 e. The van der Waals surface area contributed by atoms with E-state index in [9.17, 15) is 0 Å². The quantitative estimate of drug-likeness (QED) is 0.163. The first-order valence-electron chi connectivity index (χ1n) is 15.8. The lowest BCUT2D eigenvalue weighted by Crippen LogP contribution is -2.07. The standard InChI is InChI=1S/C42H34O2Si/c1-27-19-21-41(43-27)37-23-35-31(29-11-5-3-6-12-29)15-9-17-33(35)39(37)25-45-26-40-34-18-10-16-32(30-13-7-4-8-14-30)36(34)24-38(40)42-22-20-28(2)44-42/h3-24,39-40H,25-26H2,1-2H3. The minimum absolute atomic E-state index is 0.294. The monoisotopic (exact) mass is 598 g/mol. The van der Waals surface area contributed by atoms with Gasteiger partial charge in [0.15, 0.2) is 0 Å². The lowest BCUT2D eigenvalue weighted by molar-refractivity contribution is 0.518. The highest BCUT2D eigenvalue weighted by Crippen LogP contribution is 2.50. The molecule has 0 aliphatic heterocycles. The highest BCUT2D eigenvalue weighted by atomic mass is 28.2. The number of rotatable bonds is 8. The first kappa shape index (κ1) is 27.7. The van der Waals surface area contributed by atoms with Gasteiger partial charge in [-0.1, -0.05) is 97.1 Å². The third kappa shape index (κ3) is 5.07. The van der Waals surface area contributed by atoms with E-state index in [0.29, 0.717) is 11.8 Å². The summed E-state index contributed by atoms with van der Waals surface area (Å²) in [6, 6.07) is 45.7. The normalized spacial score (nSPS) is 16.8. The smallest absolute Gasteiger partial charge is 0.130 e. The Labute approximate surface area is 267 Å². The Morgan fingerprint density at radius 1 is 0.489 bits per heavy atom. The maximum Gasteiger partial charge on any atom is 0.130 e. The van der Waals surface area contributed by atoms with Crippen LogP contribution in [0.5, 0.6) is 0 Å². The average molecular weight is 599 g/mol. The molecule has 0 amide bonds. The topological polar surface area (TPSA) is 26.3 Å². The molecule has 2 nitrogen and oxygen atoms in total. The van der Waals surface area contributed by atoms with Crippen LogP contribution in [0.1, 0.15) is 57.1 Å². The molecule has 3 heteroatoms. The molecule has 4 aromatic carbocycles. The van der Waals surface area contributed by atoms with Crippen LogP contribution in [0.15, 0.2) is 130 Å². The van der Waals surface area contributed by atoms with Crippen molar-refractivity contribution >= 4 is 32.8 Å². The van der Waals surface area contributed by atoms with Crippen molar-refractivity contribution in [3.63, 3.8) is 0 Å². The fraction of sp³-hybridized carbons (Fsp3) is 0.143. The van der Waals surface area contributed by atoms with Gasteiger partial charge in [0.05, 0.1) is 0 Å². The summed E-state index contributed by atoms with van der Waals surface area (Å²) in [7, 11) is 0.761. The Kier molecular flexibility index (Phi) is 7.11. The third-order valence-corrected chi connectivity index (χ3v) is 10.7. The summed E-state index contributed by atoms with van der Waals surface area (Å²) >= 11 is 0. The second-order valence-corrected chi connectivity index (χ2v) is 13.4. The van der Waals surface area contributed by atoms with Crippen molar-refractivity contribution in [3.8, 4) is 22.3 Å². The van der Waals surface area contributed by atoms with Gasteiger partial charge in [-0.2, -0.15) is 0 Å². The van der Waals surface area contributed by atoms with Gasteiger partial charge in [-0.25, -0.2) is 0 Å². The van der Waals surface area contributed by atoms with E-state index in [1.165, 1.54) is 55.7 Å². The van der Waals surface area contributed by atoms with Crippen LogP contribution in [0.3, 0.4) is 0 Å². The molecular weight excluding hydrogens is 565 g/mol. The summed E-state index contributed by atoms with van der Waals surface area (Å²) in [5.41, 5.74) is 13.1. The van der Waals surface area contributed by atoms with Gasteiger partial charge in [-0.15, -0.1) is 0 Å². The summed E-state index contributed by atoms with van der Waals surface area (Å²) in [5.74, 6) is 4.47. The van der Waals surface area contributed by atoms with E-state index < -0.39 is 0 Å². The van der Waals surface area contributed by atoms with Gasteiger partial charge in [-0.05, 0) is 107 Å². The zero-order chi connectivity index (χ0) is 30.3. The second-order valence-electron chi connectivity index (χ2n) is 12.1. The highest BCUT2D eigenvalue weighted by Gasteiger charge is 2.33. The van der Waals surface area contributed by atoms with Gasteiger partial charge in [0.2, 0.25) is 0 Å². The molecule has 2 atom stereocenters. The molecule has 2 aliphatic carbocycles. The van der Waals surface area contributed by atoms with E-state index in [1.54, 1.807) is 0 Å². The van der Waals surface area contributed by atoms with Gasteiger partial charge in [0.25, 0.3) is 0 Å². The van der Waals surface area contributed by atoms with Crippen LogP contribution < -0.4 is 0 Å². The molecular formula is C42H34O2Si. The van der Waals surface area contributed by atoms with Crippen molar-refractivity contribution in [2.24, 2.45) is 0 Å². The molecule has 2 unspecified atom stereocenters. The molecule has 2 radical (unpaired) electrons. The summed E-state index contributed by atoms with van der Waals surface area (Å²) < 4.78 is 12.5.